The highest BCUT2D eigenvalue weighted by atomic mass is 15.2. The molecule has 1 aliphatic carbocycles. The summed E-state index contributed by atoms with van der Waals surface area (Å²) in [4.78, 5) is 2.55. The fourth-order valence-corrected chi connectivity index (χ4v) is 2.10. The molecular formula is C10H20N2. The fraction of sp³-hybridized carbons (Fsp3) is 1.00. The van der Waals surface area contributed by atoms with Gasteiger partial charge in [-0.3, -0.25) is 0 Å². The van der Waals surface area contributed by atoms with E-state index < -0.39 is 0 Å². The molecule has 0 aromatic rings. The summed E-state index contributed by atoms with van der Waals surface area (Å²) >= 11 is 0. The van der Waals surface area contributed by atoms with E-state index in [0.29, 0.717) is 0 Å². The maximum Gasteiger partial charge on any atom is 0.0235 e. The van der Waals surface area contributed by atoms with Crippen molar-refractivity contribution in [2.24, 2.45) is 5.92 Å². The number of likely N-dealkylation sites (tertiary alicyclic amines) is 1. The van der Waals surface area contributed by atoms with Gasteiger partial charge in [-0.05, 0) is 25.3 Å². The molecule has 0 aromatic heterocycles. The highest BCUT2D eigenvalue weighted by molar-refractivity contribution is 4.92. The second kappa shape index (κ2) is 3.35. The van der Waals surface area contributed by atoms with Gasteiger partial charge in [0.2, 0.25) is 0 Å². The average Bonchev–Trinajstić information content (AvgIpc) is 2.78. The lowest BCUT2D eigenvalue weighted by Crippen LogP contribution is -2.36. The monoisotopic (exact) mass is 168 g/mol. The summed E-state index contributed by atoms with van der Waals surface area (Å²) in [6.07, 6.45) is 2.82. The minimum atomic E-state index is 0.775. The second-order valence-corrected chi connectivity index (χ2v) is 4.38. The lowest BCUT2D eigenvalue weighted by atomic mass is 10.1. The molecule has 1 N–H and O–H groups in total. The Bertz CT molecular complexity index is 154. The molecule has 0 aromatic carbocycles. The van der Waals surface area contributed by atoms with Gasteiger partial charge < -0.3 is 10.2 Å². The van der Waals surface area contributed by atoms with E-state index in [0.717, 1.165) is 18.0 Å². The van der Waals surface area contributed by atoms with Crippen LogP contribution in [-0.4, -0.2) is 36.6 Å². The van der Waals surface area contributed by atoms with E-state index in [1.165, 1.54) is 32.5 Å². The summed E-state index contributed by atoms with van der Waals surface area (Å²) in [5.74, 6) is 0.852. The number of likely N-dealkylation sites (N-methyl/N-ethyl adjacent to an activating group) is 1. The predicted molar refractivity (Wildman–Crippen MR) is 51.2 cm³/mol. The molecule has 2 nitrogen and oxygen atoms in total. The SMILES string of the molecule is CCN1CC(C)C(NC2CC2)C1. The third kappa shape index (κ3) is 1.80. The molecule has 0 spiro atoms. The number of hydrogen-bond acceptors (Lipinski definition) is 2. The first-order chi connectivity index (χ1) is 5.79. The van der Waals surface area contributed by atoms with Gasteiger partial charge >= 0.3 is 0 Å². The van der Waals surface area contributed by atoms with Gasteiger partial charge in [0, 0.05) is 25.2 Å². The summed E-state index contributed by atoms with van der Waals surface area (Å²) in [6.45, 7) is 8.41. The topological polar surface area (TPSA) is 15.3 Å². The van der Waals surface area contributed by atoms with Crippen molar-refractivity contribution in [3.63, 3.8) is 0 Å². The Morgan fingerprint density at radius 1 is 1.33 bits per heavy atom. The lowest BCUT2D eigenvalue weighted by Gasteiger charge is -2.15. The molecule has 0 radical (unpaired) electrons. The van der Waals surface area contributed by atoms with E-state index in [-0.39, 0.29) is 0 Å². The zero-order chi connectivity index (χ0) is 8.55. The Kier molecular flexibility index (Phi) is 2.37. The molecular weight excluding hydrogens is 148 g/mol. The third-order valence-electron chi connectivity index (χ3n) is 3.16. The molecule has 0 bridgehead atoms. The number of nitrogens with zero attached hydrogens (tertiary/aromatic N) is 1. The van der Waals surface area contributed by atoms with Crippen LogP contribution in [0.2, 0.25) is 0 Å². The second-order valence-electron chi connectivity index (χ2n) is 4.38. The standard InChI is InChI=1S/C10H20N2/c1-3-12-6-8(2)10(7-12)11-9-4-5-9/h8-11H,3-7H2,1-2H3. The third-order valence-corrected chi connectivity index (χ3v) is 3.16. The number of nitrogens with one attached hydrogen (secondary N) is 1. The highest BCUT2D eigenvalue weighted by Crippen LogP contribution is 2.24. The Labute approximate surface area is 75.3 Å². The Morgan fingerprint density at radius 3 is 2.58 bits per heavy atom. The summed E-state index contributed by atoms with van der Waals surface area (Å²) in [7, 11) is 0. The first-order valence-corrected chi connectivity index (χ1v) is 5.28. The molecule has 12 heavy (non-hydrogen) atoms. The maximum absolute atomic E-state index is 3.73. The molecule has 2 heteroatoms. The first-order valence-electron chi connectivity index (χ1n) is 5.28. The first kappa shape index (κ1) is 8.52. The molecule has 1 aliphatic heterocycles. The lowest BCUT2D eigenvalue weighted by molar-refractivity contribution is 0.342. The van der Waals surface area contributed by atoms with E-state index in [9.17, 15) is 0 Å². The van der Waals surface area contributed by atoms with E-state index in [1.807, 2.05) is 0 Å². The van der Waals surface area contributed by atoms with Crippen molar-refractivity contribution >= 4 is 0 Å². The normalized spacial score (nSPS) is 37.5. The molecule has 2 fully saturated rings. The van der Waals surface area contributed by atoms with Gasteiger partial charge in [0.25, 0.3) is 0 Å². The van der Waals surface area contributed by atoms with Crippen LogP contribution < -0.4 is 5.32 Å². The molecule has 2 atom stereocenters. The van der Waals surface area contributed by atoms with Crippen LogP contribution >= 0.6 is 0 Å². The van der Waals surface area contributed by atoms with Crippen molar-refractivity contribution < 1.29 is 0 Å². The van der Waals surface area contributed by atoms with Crippen molar-refractivity contribution in [2.75, 3.05) is 19.6 Å². The van der Waals surface area contributed by atoms with Crippen molar-refractivity contribution in [1.29, 1.82) is 0 Å². The van der Waals surface area contributed by atoms with Crippen molar-refractivity contribution in [3.05, 3.63) is 0 Å². The van der Waals surface area contributed by atoms with Gasteiger partial charge in [0.05, 0.1) is 0 Å². The molecule has 70 valence electrons. The Morgan fingerprint density at radius 2 is 2.08 bits per heavy atom. The van der Waals surface area contributed by atoms with E-state index >= 15 is 0 Å². The van der Waals surface area contributed by atoms with E-state index in [4.69, 9.17) is 0 Å². The maximum atomic E-state index is 3.73. The summed E-state index contributed by atoms with van der Waals surface area (Å²) in [5.41, 5.74) is 0. The number of hydrogen-bond donors (Lipinski definition) is 1. The van der Waals surface area contributed by atoms with Crippen LogP contribution in [0.3, 0.4) is 0 Å². The van der Waals surface area contributed by atoms with Crippen LogP contribution in [0.4, 0.5) is 0 Å². The van der Waals surface area contributed by atoms with E-state index in [2.05, 4.69) is 24.1 Å². The zero-order valence-corrected chi connectivity index (χ0v) is 8.21. The van der Waals surface area contributed by atoms with E-state index in [1.54, 1.807) is 0 Å². The van der Waals surface area contributed by atoms with Crippen LogP contribution in [0.1, 0.15) is 26.7 Å². The molecule has 1 heterocycles. The molecule has 2 unspecified atom stereocenters. The predicted octanol–water partition coefficient (Wildman–Crippen LogP) is 1.08. The van der Waals surface area contributed by atoms with Gasteiger partial charge in [-0.2, -0.15) is 0 Å². The minimum absolute atomic E-state index is 0.775. The average molecular weight is 168 g/mol. The van der Waals surface area contributed by atoms with Crippen molar-refractivity contribution in [2.45, 2.75) is 38.8 Å². The van der Waals surface area contributed by atoms with Crippen LogP contribution in [0.15, 0.2) is 0 Å². The Hall–Kier alpha value is -0.0800. The quantitative estimate of drug-likeness (QED) is 0.678. The summed E-state index contributed by atoms with van der Waals surface area (Å²) in [5, 5.41) is 3.73. The largest absolute Gasteiger partial charge is 0.310 e. The number of rotatable bonds is 3. The molecule has 1 saturated heterocycles. The van der Waals surface area contributed by atoms with Gasteiger partial charge in [-0.25, -0.2) is 0 Å². The van der Waals surface area contributed by atoms with Crippen LogP contribution in [0.25, 0.3) is 0 Å². The van der Waals surface area contributed by atoms with Crippen molar-refractivity contribution in [1.82, 2.24) is 10.2 Å². The molecule has 0 amide bonds. The molecule has 2 rings (SSSR count). The Balaban J connectivity index is 1.80. The van der Waals surface area contributed by atoms with Crippen LogP contribution in [0, 0.1) is 5.92 Å². The fourth-order valence-electron chi connectivity index (χ4n) is 2.10. The van der Waals surface area contributed by atoms with Gasteiger partial charge in [-0.15, -0.1) is 0 Å². The minimum Gasteiger partial charge on any atom is -0.310 e. The van der Waals surface area contributed by atoms with Crippen LogP contribution in [-0.2, 0) is 0 Å². The highest BCUT2D eigenvalue weighted by Gasteiger charge is 2.32. The van der Waals surface area contributed by atoms with Gasteiger partial charge in [0.15, 0.2) is 0 Å². The molecule has 1 saturated carbocycles. The summed E-state index contributed by atoms with van der Waals surface area (Å²) < 4.78 is 0. The zero-order valence-electron chi connectivity index (χ0n) is 8.21. The van der Waals surface area contributed by atoms with Crippen LogP contribution in [0.5, 0.6) is 0 Å². The smallest absolute Gasteiger partial charge is 0.0235 e. The van der Waals surface area contributed by atoms with Gasteiger partial charge in [0.1, 0.15) is 0 Å². The van der Waals surface area contributed by atoms with Crippen molar-refractivity contribution in [3.8, 4) is 0 Å². The van der Waals surface area contributed by atoms with Gasteiger partial charge in [-0.1, -0.05) is 13.8 Å². The molecule has 2 aliphatic rings. The summed E-state index contributed by atoms with van der Waals surface area (Å²) in [6, 6.07) is 1.65.